The number of thioether (sulfide) groups is 1. The summed E-state index contributed by atoms with van der Waals surface area (Å²) in [7, 11) is -3.07. The van der Waals surface area contributed by atoms with E-state index in [2.05, 4.69) is 10.0 Å². The standard InChI is InChI=1S/C12H24N2O2S2/c15-18(16,14-9-11-3-1-4-11)8-6-13-12-5-2-7-17-10-12/h11-14H,1-10H2/t12-/m1/s1. The third-order valence-corrected chi connectivity index (χ3v) is 6.34. The van der Waals surface area contributed by atoms with Gasteiger partial charge in [-0.15, -0.1) is 0 Å². The smallest absolute Gasteiger partial charge is 0.212 e. The molecule has 0 aromatic carbocycles. The molecule has 2 N–H and O–H groups in total. The Kier molecular flexibility index (Phi) is 5.79. The largest absolute Gasteiger partial charge is 0.312 e. The maximum absolute atomic E-state index is 11.8. The lowest BCUT2D eigenvalue weighted by Crippen LogP contribution is -2.40. The molecule has 1 aliphatic carbocycles. The Bertz CT molecular complexity index is 336. The summed E-state index contributed by atoms with van der Waals surface area (Å²) in [5, 5.41) is 3.35. The second-order valence-corrected chi connectivity index (χ2v) is 8.41. The first-order valence-electron chi connectivity index (χ1n) is 6.94. The summed E-state index contributed by atoms with van der Waals surface area (Å²) in [6, 6.07) is 0.505. The van der Waals surface area contributed by atoms with Crippen LogP contribution in [0.1, 0.15) is 32.1 Å². The lowest BCUT2D eigenvalue weighted by atomic mass is 9.86. The molecule has 1 aliphatic heterocycles. The van der Waals surface area contributed by atoms with Crippen LogP contribution in [0.25, 0.3) is 0 Å². The van der Waals surface area contributed by atoms with Crippen LogP contribution < -0.4 is 10.0 Å². The summed E-state index contributed by atoms with van der Waals surface area (Å²) < 4.78 is 26.2. The van der Waals surface area contributed by atoms with E-state index in [-0.39, 0.29) is 5.75 Å². The first-order chi connectivity index (χ1) is 8.66. The Balaban J connectivity index is 1.58. The molecule has 6 heteroatoms. The van der Waals surface area contributed by atoms with Crippen molar-refractivity contribution < 1.29 is 8.42 Å². The van der Waals surface area contributed by atoms with Crippen LogP contribution in [0, 0.1) is 5.92 Å². The van der Waals surface area contributed by atoms with Crippen molar-refractivity contribution in [3.05, 3.63) is 0 Å². The molecule has 0 amide bonds. The Labute approximate surface area is 115 Å². The van der Waals surface area contributed by atoms with E-state index in [9.17, 15) is 8.42 Å². The average Bonchev–Trinajstić information content (AvgIpc) is 2.28. The molecule has 0 radical (unpaired) electrons. The van der Waals surface area contributed by atoms with Crippen LogP contribution in [0.3, 0.4) is 0 Å². The highest BCUT2D eigenvalue weighted by Gasteiger charge is 2.20. The Morgan fingerprint density at radius 1 is 1.17 bits per heavy atom. The SMILES string of the molecule is O=S(=O)(CCN[C@@H]1CCCSC1)NCC1CCC1. The quantitative estimate of drug-likeness (QED) is 0.740. The normalized spacial score (nSPS) is 25.9. The summed E-state index contributed by atoms with van der Waals surface area (Å²) in [6.45, 7) is 1.22. The van der Waals surface area contributed by atoms with Crippen molar-refractivity contribution in [3.8, 4) is 0 Å². The minimum atomic E-state index is -3.07. The van der Waals surface area contributed by atoms with Crippen molar-refractivity contribution in [1.82, 2.24) is 10.0 Å². The molecule has 2 rings (SSSR count). The van der Waals surface area contributed by atoms with Gasteiger partial charge in [-0.05, 0) is 37.4 Å². The highest BCUT2D eigenvalue weighted by molar-refractivity contribution is 7.99. The van der Waals surface area contributed by atoms with E-state index < -0.39 is 10.0 Å². The molecule has 1 saturated heterocycles. The fraction of sp³-hybridized carbons (Fsp3) is 1.00. The van der Waals surface area contributed by atoms with Crippen LogP contribution in [0.2, 0.25) is 0 Å². The van der Waals surface area contributed by atoms with Crippen LogP contribution in [-0.2, 0) is 10.0 Å². The fourth-order valence-corrected chi connectivity index (χ4v) is 4.44. The van der Waals surface area contributed by atoms with Crippen molar-refractivity contribution in [3.63, 3.8) is 0 Å². The van der Waals surface area contributed by atoms with Crippen molar-refractivity contribution in [2.24, 2.45) is 5.92 Å². The minimum absolute atomic E-state index is 0.209. The van der Waals surface area contributed by atoms with E-state index in [4.69, 9.17) is 0 Å². The molecule has 4 nitrogen and oxygen atoms in total. The molecule has 0 spiro atoms. The molecule has 1 heterocycles. The van der Waals surface area contributed by atoms with Gasteiger partial charge in [0.2, 0.25) is 10.0 Å². The van der Waals surface area contributed by atoms with Gasteiger partial charge in [0, 0.05) is 24.9 Å². The third kappa shape index (κ3) is 5.07. The van der Waals surface area contributed by atoms with Crippen molar-refractivity contribution >= 4 is 21.8 Å². The maximum Gasteiger partial charge on any atom is 0.212 e. The van der Waals surface area contributed by atoms with Gasteiger partial charge in [0.05, 0.1) is 5.75 Å². The number of hydrogen-bond acceptors (Lipinski definition) is 4. The Morgan fingerprint density at radius 2 is 2.00 bits per heavy atom. The predicted octanol–water partition coefficient (Wildman–Crippen LogP) is 1.19. The highest BCUT2D eigenvalue weighted by Crippen LogP contribution is 2.25. The number of hydrogen-bond donors (Lipinski definition) is 2. The average molecular weight is 292 g/mol. The van der Waals surface area contributed by atoms with Gasteiger partial charge in [0.15, 0.2) is 0 Å². The van der Waals surface area contributed by atoms with Crippen LogP contribution in [0.5, 0.6) is 0 Å². The Morgan fingerprint density at radius 3 is 2.61 bits per heavy atom. The van der Waals surface area contributed by atoms with Gasteiger partial charge in [0.25, 0.3) is 0 Å². The van der Waals surface area contributed by atoms with Gasteiger partial charge in [-0.25, -0.2) is 13.1 Å². The second kappa shape index (κ2) is 7.12. The summed E-state index contributed by atoms with van der Waals surface area (Å²) in [5.41, 5.74) is 0. The number of nitrogens with one attached hydrogen (secondary N) is 2. The molecule has 0 aromatic rings. The van der Waals surface area contributed by atoms with Gasteiger partial charge < -0.3 is 5.32 Å². The van der Waals surface area contributed by atoms with Crippen LogP contribution in [0.15, 0.2) is 0 Å². The van der Waals surface area contributed by atoms with Crippen LogP contribution >= 0.6 is 11.8 Å². The summed E-state index contributed by atoms with van der Waals surface area (Å²) in [5.74, 6) is 3.16. The molecule has 0 bridgehead atoms. The maximum atomic E-state index is 11.8. The highest BCUT2D eigenvalue weighted by atomic mass is 32.2. The summed E-state index contributed by atoms with van der Waals surface area (Å²) >= 11 is 1.96. The number of sulfonamides is 1. The van der Waals surface area contributed by atoms with E-state index >= 15 is 0 Å². The molecule has 1 atom stereocenters. The molecule has 0 unspecified atom stereocenters. The van der Waals surface area contributed by atoms with E-state index in [0.717, 1.165) is 5.75 Å². The van der Waals surface area contributed by atoms with Gasteiger partial charge >= 0.3 is 0 Å². The fourth-order valence-electron chi connectivity index (χ4n) is 2.31. The summed E-state index contributed by atoms with van der Waals surface area (Å²) in [4.78, 5) is 0. The van der Waals surface area contributed by atoms with Crippen molar-refractivity contribution in [2.45, 2.75) is 38.1 Å². The van der Waals surface area contributed by atoms with Gasteiger partial charge in [0.1, 0.15) is 0 Å². The lowest BCUT2D eigenvalue weighted by Gasteiger charge is -2.25. The zero-order chi connectivity index (χ0) is 12.8. The molecular weight excluding hydrogens is 268 g/mol. The van der Waals surface area contributed by atoms with Crippen LogP contribution in [0.4, 0.5) is 0 Å². The molecule has 1 saturated carbocycles. The van der Waals surface area contributed by atoms with Gasteiger partial charge in [-0.3, -0.25) is 0 Å². The molecular formula is C12H24N2O2S2. The lowest BCUT2D eigenvalue weighted by molar-refractivity contribution is 0.316. The van der Waals surface area contributed by atoms with E-state index in [1.54, 1.807) is 0 Å². The van der Waals surface area contributed by atoms with E-state index in [0.29, 0.717) is 25.0 Å². The first-order valence-corrected chi connectivity index (χ1v) is 9.75. The van der Waals surface area contributed by atoms with E-state index in [1.807, 2.05) is 11.8 Å². The van der Waals surface area contributed by atoms with Gasteiger partial charge in [-0.2, -0.15) is 11.8 Å². The zero-order valence-electron chi connectivity index (χ0n) is 10.9. The molecule has 2 fully saturated rings. The topological polar surface area (TPSA) is 58.2 Å². The molecule has 18 heavy (non-hydrogen) atoms. The minimum Gasteiger partial charge on any atom is -0.312 e. The van der Waals surface area contributed by atoms with Crippen molar-refractivity contribution in [1.29, 1.82) is 0 Å². The third-order valence-electron chi connectivity index (χ3n) is 3.78. The van der Waals surface area contributed by atoms with Gasteiger partial charge in [-0.1, -0.05) is 6.42 Å². The summed E-state index contributed by atoms with van der Waals surface area (Å²) in [6.07, 6.45) is 6.05. The second-order valence-electron chi connectivity index (χ2n) is 5.33. The monoisotopic (exact) mass is 292 g/mol. The Hall–Kier alpha value is 0.220. The molecule has 2 aliphatic rings. The van der Waals surface area contributed by atoms with Crippen molar-refractivity contribution in [2.75, 3.05) is 30.3 Å². The molecule has 106 valence electrons. The van der Waals surface area contributed by atoms with Crippen LogP contribution in [-0.4, -0.2) is 44.8 Å². The predicted molar refractivity (Wildman–Crippen MR) is 77.5 cm³/mol. The zero-order valence-corrected chi connectivity index (χ0v) is 12.5. The first kappa shape index (κ1) is 14.6. The number of rotatable bonds is 7. The molecule has 0 aromatic heterocycles. The van der Waals surface area contributed by atoms with E-state index in [1.165, 1.54) is 37.9 Å².